The number of amides is 1. The van der Waals surface area contributed by atoms with Crippen LogP contribution in [-0.4, -0.2) is 39.6 Å². The fraction of sp³-hybridized carbons (Fsp3) is 0.348. The monoisotopic (exact) mass is 438 g/mol. The molecule has 1 aliphatic rings. The summed E-state index contributed by atoms with van der Waals surface area (Å²) in [7, 11) is 0. The first-order valence-electron chi connectivity index (χ1n) is 10.4. The number of ether oxygens (including phenoxy) is 2. The molecule has 4 rings (SSSR count). The van der Waals surface area contributed by atoms with Gasteiger partial charge < -0.3 is 14.8 Å². The van der Waals surface area contributed by atoms with Gasteiger partial charge >= 0.3 is 0 Å². The Bertz CT molecular complexity index is 1040. The summed E-state index contributed by atoms with van der Waals surface area (Å²) in [5, 5.41) is 12.4. The van der Waals surface area contributed by atoms with E-state index in [9.17, 15) is 4.79 Å². The van der Waals surface area contributed by atoms with Crippen LogP contribution in [0.4, 0.5) is 0 Å². The molecular weight excluding hydrogens is 412 g/mol. The Labute approximate surface area is 186 Å². The van der Waals surface area contributed by atoms with Gasteiger partial charge in [-0.25, -0.2) is 0 Å². The number of hydrogen-bond acceptors (Lipinski definition) is 6. The van der Waals surface area contributed by atoms with Crippen LogP contribution in [0.1, 0.15) is 31.9 Å². The minimum absolute atomic E-state index is 0.0377. The molecule has 1 N–H and O–H groups in total. The number of carbonyl (C=O) groups is 1. The number of nitrogens with one attached hydrogen (secondary N) is 1. The lowest BCUT2D eigenvalue weighted by atomic mass is 10.2. The Morgan fingerprint density at radius 1 is 1.10 bits per heavy atom. The van der Waals surface area contributed by atoms with E-state index in [4.69, 9.17) is 9.47 Å². The van der Waals surface area contributed by atoms with Crippen LogP contribution in [0, 0.1) is 0 Å². The lowest BCUT2D eigenvalue weighted by Crippen LogP contribution is -2.24. The molecule has 7 nitrogen and oxygen atoms in total. The van der Waals surface area contributed by atoms with E-state index in [-0.39, 0.29) is 17.7 Å². The average Bonchev–Trinajstić information content (AvgIpc) is 3.07. The van der Waals surface area contributed by atoms with Crippen molar-refractivity contribution in [1.82, 2.24) is 20.1 Å². The van der Waals surface area contributed by atoms with E-state index in [0.717, 1.165) is 34.9 Å². The summed E-state index contributed by atoms with van der Waals surface area (Å²) in [4.78, 5) is 12.3. The third kappa shape index (κ3) is 5.19. The number of carbonyl (C=O) groups excluding carboxylic acids is 1. The molecule has 0 spiro atoms. The van der Waals surface area contributed by atoms with Crippen molar-refractivity contribution in [1.29, 1.82) is 0 Å². The highest BCUT2D eigenvalue weighted by molar-refractivity contribution is 7.99. The van der Waals surface area contributed by atoms with E-state index in [1.165, 1.54) is 11.8 Å². The molecule has 0 unspecified atom stereocenters. The van der Waals surface area contributed by atoms with Crippen molar-refractivity contribution in [3.05, 3.63) is 54.1 Å². The Kier molecular flexibility index (Phi) is 6.76. The number of thioether (sulfide) groups is 1. The second-order valence-corrected chi connectivity index (χ2v) is 8.48. The maximum absolute atomic E-state index is 12.3. The molecule has 0 saturated heterocycles. The van der Waals surface area contributed by atoms with Crippen molar-refractivity contribution < 1.29 is 14.3 Å². The molecule has 1 aromatic heterocycles. The van der Waals surface area contributed by atoms with Gasteiger partial charge in [0.05, 0.1) is 19.0 Å². The molecule has 3 aromatic rings. The van der Waals surface area contributed by atoms with Crippen molar-refractivity contribution in [2.45, 2.75) is 38.0 Å². The zero-order valence-electron chi connectivity index (χ0n) is 17.7. The molecule has 0 bridgehead atoms. The fourth-order valence-electron chi connectivity index (χ4n) is 3.32. The van der Waals surface area contributed by atoms with E-state index in [2.05, 4.69) is 33.9 Å². The molecule has 1 amide bonds. The van der Waals surface area contributed by atoms with Crippen molar-refractivity contribution in [2.24, 2.45) is 0 Å². The lowest BCUT2D eigenvalue weighted by molar-refractivity contribution is -0.118. The van der Waals surface area contributed by atoms with E-state index in [1.807, 2.05) is 48.5 Å². The highest BCUT2D eigenvalue weighted by Gasteiger charge is 2.20. The van der Waals surface area contributed by atoms with Crippen molar-refractivity contribution in [3.8, 4) is 22.9 Å². The van der Waals surface area contributed by atoms with E-state index >= 15 is 0 Å². The van der Waals surface area contributed by atoms with Gasteiger partial charge in [0.25, 0.3) is 0 Å². The molecule has 0 atom stereocenters. The van der Waals surface area contributed by atoms with Crippen LogP contribution in [0.2, 0.25) is 0 Å². The van der Waals surface area contributed by atoms with Crippen molar-refractivity contribution >= 4 is 17.7 Å². The highest BCUT2D eigenvalue weighted by Crippen LogP contribution is 2.35. The number of rotatable bonds is 7. The number of fused-ring (bicyclic) bond motifs is 1. The summed E-state index contributed by atoms with van der Waals surface area (Å²) in [6, 6.07) is 15.8. The second-order valence-electron chi connectivity index (χ2n) is 7.53. The molecule has 0 aliphatic carbocycles. The number of hydrogen-bond donors (Lipinski definition) is 1. The molecule has 2 aromatic carbocycles. The molecule has 8 heteroatoms. The summed E-state index contributed by atoms with van der Waals surface area (Å²) >= 11 is 1.39. The number of nitrogens with zero attached hydrogens (tertiary/aromatic N) is 3. The number of benzene rings is 2. The van der Waals surface area contributed by atoms with Crippen LogP contribution >= 0.6 is 11.8 Å². The highest BCUT2D eigenvalue weighted by atomic mass is 32.2. The maximum Gasteiger partial charge on any atom is 0.230 e. The quantitative estimate of drug-likeness (QED) is 0.560. The van der Waals surface area contributed by atoms with Gasteiger partial charge in [0.15, 0.2) is 22.5 Å². The molecule has 0 saturated carbocycles. The maximum atomic E-state index is 12.3. The SMILES string of the molecule is CC(C)n1c(SCC(=O)NCc2ccccc2)nnc1-c1ccc2c(c1)OCCCO2. The standard InChI is InChI=1S/C23H26N4O3S/c1-16(2)27-22(18-9-10-19-20(13-18)30-12-6-11-29-19)25-26-23(27)31-15-21(28)24-14-17-7-4-3-5-8-17/h3-5,7-10,13,16H,6,11-12,14-15H2,1-2H3,(H,24,28). The Morgan fingerprint density at radius 2 is 1.87 bits per heavy atom. The van der Waals surface area contributed by atoms with Gasteiger partial charge in [0.2, 0.25) is 5.91 Å². The van der Waals surface area contributed by atoms with Crippen LogP contribution in [-0.2, 0) is 11.3 Å². The van der Waals surface area contributed by atoms with Crippen LogP contribution in [0.25, 0.3) is 11.4 Å². The molecule has 1 aliphatic heterocycles. The summed E-state index contributed by atoms with van der Waals surface area (Å²) < 4.78 is 13.6. The first kappa shape index (κ1) is 21.2. The van der Waals surface area contributed by atoms with E-state index in [1.54, 1.807) is 0 Å². The molecule has 0 radical (unpaired) electrons. The van der Waals surface area contributed by atoms with Crippen LogP contribution in [0.15, 0.2) is 53.7 Å². The van der Waals surface area contributed by atoms with Crippen LogP contribution < -0.4 is 14.8 Å². The Morgan fingerprint density at radius 3 is 2.65 bits per heavy atom. The predicted octanol–water partition coefficient (Wildman–Crippen LogP) is 4.10. The molecule has 31 heavy (non-hydrogen) atoms. The first-order chi connectivity index (χ1) is 15.1. The van der Waals surface area contributed by atoms with Gasteiger partial charge in [-0.15, -0.1) is 10.2 Å². The Hall–Kier alpha value is -3.00. The minimum atomic E-state index is -0.0377. The second kappa shape index (κ2) is 9.87. The van der Waals surface area contributed by atoms with Gasteiger partial charge in [-0.3, -0.25) is 9.36 Å². The Balaban J connectivity index is 1.46. The lowest BCUT2D eigenvalue weighted by Gasteiger charge is -2.15. The van der Waals surface area contributed by atoms with Crippen molar-refractivity contribution in [2.75, 3.05) is 19.0 Å². The van der Waals surface area contributed by atoms with Gasteiger partial charge in [-0.05, 0) is 37.6 Å². The summed E-state index contributed by atoms with van der Waals surface area (Å²) in [5.74, 6) is 2.46. The zero-order chi connectivity index (χ0) is 21.6. The molecule has 0 fully saturated rings. The topological polar surface area (TPSA) is 78.3 Å². The third-order valence-electron chi connectivity index (χ3n) is 4.85. The summed E-state index contributed by atoms with van der Waals surface area (Å²) in [5.41, 5.74) is 1.98. The molecule has 162 valence electrons. The minimum Gasteiger partial charge on any atom is -0.490 e. The van der Waals surface area contributed by atoms with Crippen molar-refractivity contribution in [3.63, 3.8) is 0 Å². The van der Waals surface area contributed by atoms with Gasteiger partial charge in [0, 0.05) is 24.6 Å². The van der Waals surface area contributed by atoms with Gasteiger partial charge in [-0.1, -0.05) is 42.1 Å². The largest absolute Gasteiger partial charge is 0.490 e. The van der Waals surface area contributed by atoms with E-state index < -0.39 is 0 Å². The third-order valence-corrected chi connectivity index (χ3v) is 5.79. The number of aromatic nitrogens is 3. The molecular formula is C23H26N4O3S. The predicted molar refractivity (Wildman–Crippen MR) is 120 cm³/mol. The zero-order valence-corrected chi connectivity index (χ0v) is 18.5. The molecule has 2 heterocycles. The average molecular weight is 439 g/mol. The van der Waals surface area contributed by atoms with Gasteiger partial charge in [-0.2, -0.15) is 0 Å². The normalized spacial score (nSPS) is 13.1. The first-order valence-corrected chi connectivity index (χ1v) is 11.4. The smallest absolute Gasteiger partial charge is 0.230 e. The van der Waals surface area contributed by atoms with Gasteiger partial charge in [0.1, 0.15) is 0 Å². The fourth-order valence-corrected chi connectivity index (χ4v) is 4.21. The van der Waals surface area contributed by atoms with Crippen LogP contribution in [0.3, 0.4) is 0 Å². The van der Waals surface area contributed by atoms with E-state index in [0.29, 0.717) is 24.9 Å². The summed E-state index contributed by atoms with van der Waals surface area (Å²) in [6.07, 6.45) is 0.860. The summed E-state index contributed by atoms with van der Waals surface area (Å²) in [6.45, 7) is 5.96. The van der Waals surface area contributed by atoms with Crippen LogP contribution in [0.5, 0.6) is 11.5 Å².